The molecule has 48 heavy (non-hydrogen) atoms. The van der Waals surface area contributed by atoms with Crippen LogP contribution >= 0.6 is 0 Å². The van der Waals surface area contributed by atoms with Gasteiger partial charge in [0.2, 0.25) is 5.95 Å². The molecule has 0 radical (unpaired) electrons. The highest BCUT2D eigenvalue weighted by Crippen LogP contribution is 2.36. The summed E-state index contributed by atoms with van der Waals surface area (Å²) < 4.78 is 5.49. The minimum absolute atomic E-state index is 0.191. The summed E-state index contributed by atoms with van der Waals surface area (Å²) in [7, 11) is 1.85. The molecule has 236 valence electrons. The number of aromatic nitrogens is 8. The van der Waals surface area contributed by atoms with Crippen molar-refractivity contribution in [3.63, 3.8) is 0 Å². The van der Waals surface area contributed by atoms with Gasteiger partial charge in [0.05, 0.1) is 17.3 Å². The van der Waals surface area contributed by atoms with Gasteiger partial charge in [0.15, 0.2) is 23.6 Å². The van der Waals surface area contributed by atoms with Gasteiger partial charge >= 0.3 is 0 Å². The zero-order valence-corrected chi connectivity index (χ0v) is 25.8. The van der Waals surface area contributed by atoms with Gasteiger partial charge in [-0.2, -0.15) is 5.10 Å². The highest BCUT2D eigenvalue weighted by atomic mass is 16.1. The minimum atomic E-state index is -0.256. The van der Waals surface area contributed by atoms with E-state index in [2.05, 4.69) is 31.8 Å². The highest BCUT2D eigenvalue weighted by Gasteiger charge is 2.27. The standard InChI is InChI=1S/C35H29N11O2/c1-44-17-15-38-35(44)42-27-9-6-22(18-23(27)20-47)34(48)41-28-10-5-21-19-24(7-8-25(21)28)46-32(26-4-2-13-37-31(26)36)40-29-11-12-30(43-33(29)46)45-16-3-14-39-45/h2-4,6-9,11-20,28H,5,10H2,1H3,(H2,36,37)(H,38,42)(H,41,48). The number of benzene rings is 2. The van der Waals surface area contributed by atoms with E-state index in [9.17, 15) is 9.59 Å². The van der Waals surface area contributed by atoms with E-state index in [4.69, 9.17) is 15.7 Å². The number of nitrogen functional groups attached to an aromatic ring is 1. The van der Waals surface area contributed by atoms with Crippen LogP contribution in [0.5, 0.6) is 0 Å². The quantitative estimate of drug-likeness (QED) is 0.196. The van der Waals surface area contributed by atoms with E-state index < -0.39 is 0 Å². The first-order valence-corrected chi connectivity index (χ1v) is 15.3. The Labute approximate surface area is 274 Å². The van der Waals surface area contributed by atoms with Gasteiger partial charge in [-0.15, -0.1) is 0 Å². The number of carbonyl (C=O) groups is 2. The maximum Gasteiger partial charge on any atom is 0.251 e. The second kappa shape index (κ2) is 11.6. The first-order valence-electron chi connectivity index (χ1n) is 15.3. The van der Waals surface area contributed by atoms with Crippen LogP contribution in [0.4, 0.5) is 17.5 Å². The van der Waals surface area contributed by atoms with Gasteiger partial charge in [-0.05, 0) is 84.6 Å². The Morgan fingerprint density at radius 1 is 0.979 bits per heavy atom. The molecule has 13 heteroatoms. The van der Waals surface area contributed by atoms with E-state index in [1.807, 2.05) is 60.3 Å². The number of fused-ring (bicyclic) bond motifs is 2. The second-order valence-electron chi connectivity index (χ2n) is 11.5. The van der Waals surface area contributed by atoms with Crippen LogP contribution in [-0.2, 0) is 13.5 Å². The topological polar surface area (TPSA) is 163 Å². The zero-order valence-electron chi connectivity index (χ0n) is 25.8. The summed E-state index contributed by atoms with van der Waals surface area (Å²) >= 11 is 0. The molecule has 1 atom stereocenters. The van der Waals surface area contributed by atoms with Crippen molar-refractivity contribution in [2.24, 2.45) is 7.05 Å². The van der Waals surface area contributed by atoms with Gasteiger partial charge in [-0.25, -0.2) is 24.6 Å². The molecule has 0 saturated carbocycles. The van der Waals surface area contributed by atoms with E-state index in [0.29, 0.717) is 57.0 Å². The van der Waals surface area contributed by atoms with Crippen molar-refractivity contribution in [3.8, 4) is 22.9 Å². The Balaban J connectivity index is 1.11. The molecular formula is C35H29N11O2. The lowest BCUT2D eigenvalue weighted by atomic mass is 10.1. The summed E-state index contributed by atoms with van der Waals surface area (Å²) in [5.74, 6) is 1.97. The predicted molar refractivity (Wildman–Crippen MR) is 180 cm³/mol. The first kappa shape index (κ1) is 28.8. The third-order valence-electron chi connectivity index (χ3n) is 8.58. The fraction of sp³-hybridized carbons (Fsp3) is 0.114. The molecule has 0 saturated heterocycles. The Bertz CT molecular complexity index is 2340. The molecule has 0 spiro atoms. The van der Waals surface area contributed by atoms with Crippen LogP contribution < -0.4 is 16.4 Å². The van der Waals surface area contributed by atoms with Crippen LogP contribution in [0.1, 0.15) is 44.3 Å². The van der Waals surface area contributed by atoms with E-state index in [0.717, 1.165) is 35.9 Å². The fourth-order valence-electron chi connectivity index (χ4n) is 6.17. The number of carbonyl (C=O) groups excluding carboxylic acids is 2. The number of imidazole rings is 2. The number of nitrogens with one attached hydrogen (secondary N) is 2. The molecule has 0 fully saturated rings. The average molecular weight is 636 g/mol. The maximum atomic E-state index is 13.4. The summed E-state index contributed by atoms with van der Waals surface area (Å²) in [6.45, 7) is 0. The number of amides is 1. The number of aryl methyl sites for hydroxylation is 2. The third kappa shape index (κ3) is 5.03. The van der Waals surface area contributed by atoms with Gasteiger partial charge < -0.3 is 20.9 Å². The summed E-state index contributed by atoms with van der Waals surface area (Å²) in [5, 5.41) is 10.7. The molecule has 1 amide bonds. The molecule has 0 aliphatic heterocycles. The average Bonchev–Trinajstić information content (AvgIpc) is 3.92. The smallest absolute Gasteiger partial charge is 0.251 e. The maximum absolute atomic E-state index is 13.4. The number of nitrogens with two attached hydrogens (primary N) is 1. The van der Waals surface area contributed by atoms with Gasteiger partial charge in [0, 0.05) is 54.8 Å². The Hall–Kier alpha value is -6.63. The SMILES string of the molecule is Cn1ccnc1Nc1ccc(C(=O)NC2CCc3cc(-n4c(-c5cccnc5N)nc5ccc(-n6cccn6)nc54)ccc32)cc1C=O. The molecule has 5 heterocycles. The number of aldehydes is 1. The molecule has 8 rings (SSSR count). The lowest BCUT2D eigenvalue weighted by Gasteiger charge is -2.16. The Kier molecular flexibility index (Phi) is 6.98. The zero-order chi connectivity index (χ0) is 32.8. The number of hydrogen-bond acceptors (Lipinski definition) is 9. The van der Waals surface area contributed by atoms with E-state index >= 15 is 0 Å². The molecule has 13 nitrogen and oxygen atoms in total. The van der Waals surface area contributed by atoms with Crippen molar-refractivity contribution >= 4 is 40.8 Å². The van der Waals surface area contributed by atoms with Crippen LogP contribution in [0.15, 0.2) is 97.7 Å². The molecular weight excluding hydrogens is 606 g/mol. The number of hydrogen-bond donors (Lipinski definition) is 3. The monoisotopic (exact) mass is 635 g/mol. The summed E-state index contributed by atoms with van der Waals surface area (Å²) in [6.07, 6.45) is 10.9. The number of nitrogens with zero attached hydrogens (tertiary/aromatic N) is 8. The van der Waals surface area contributed by atoms with Crippen LogP contribution in [0.3, 0.4) is 0 Å². The summed E-state index contributed by atoms with van der Waals surface area (Å²) in [4.78, 5) is 43.8. The van der Waals surface area contributed by atoms with Crippen molar-refractivity contribution in [3.05, 3.63) is 120 Å². The second-order valence-corrected chi connectivity index (χ2v) is 11.5. The van der Waals surface area contributed by atoms with Crippen LogP contribution in [0.25, 0.3) is 34.1 Å². The highest BCUT2D eigenvalue weighted by molar-refractivity contribution is 5.98. The Morgan fingerprint density at radius 2 is 1.90 bits per heavy atom. The van der Waals surface area contributed by atoms with Crippen LogP contribution in [0, 0.1) is 0 Å². The molecule has 1 unspecified atom stereocenters. The lowest BCUT2D eigenvalue weighted by Crippen LogP contribution is -2.27. The fourth-order valence-corrected chi connectivity index (χ4v) is 6.17. The largest absolute Gasteiger partial charge is 0.383 e. The van der Waals surface area contributed by atoms with Gasteiger partial charge in [0.25, 0.3) is 5.91 Å². The summed E-state index contributed by atoms with van der Waals surface area (Å²) in [6, 6.07) is 20.3. The molecule has 1 aliphatic carbocycles. The predicted octanol–water partition coefficient (Wildman–Crippen LogP) is 4.96. The lowest BCUT2D eigenvalue weighted by molar-refractivity contribution is 0.0936. The van der Waals surface area contributed by atoms with E-state index in [1.165, 1.54) is 0 Å². The van der Waals surface area contributed by atoms with Crippen LogP contribution in [0.2, 0.25) is 0 Å². The van der Waals surface area contributed by atoms with Crippen LogP contribution in [-0.4, -0.2) is 51.0 Å². The minimum Gasteiger partial charge on any atom is -0.383 e. The molecule has 7 aromatic rings. The van der Waals surface area contributed by atoms with Crippen molar-refractivity contribution in [2.45, 2.75) is 18.9 Å². The van der Waals surface area contributed by atoms with Gasteiger partial charge in [0.1, 0.15) is 11.3 Å². The third-order valence-corrected chi connectivity index (χ3v) is 8.58. The molecule has 2 aromatic carbocycles. The number of pyridine rings is 2. The molecule has 0 bridgehead atoms. The normalized spacial score (nSPS) is 13.8. The van der Waals surface area contributed by atoms with Crippen molar-refractivity contribution in [1.29, 1.82) is 0 Å². The van der Waals surface area contributed by atoms with E-state index in [-0.39, 0.29) is 11.9 Å². The number of rotatable bonds is 8. The van der Waals surface area contributed by atoms with Gasteiger partial charge in [-0.1, -0.05) is 6.07 Å². The van der Waals surface area contributed by atoms with Crippen molar-refractivity contribution < 1.29 is 9.59 Å². The summed E-state index contributed by atoms with van der Waals surface area (Å²) in [5.41, 5.74) is 12.7. The van der Waals surface area contributed by atoms with Crippen molar-refractivity contribution in [1.82, 2.24) is 44.2 Å². The number of anilines is 3. The molecule has 5 aromatic heterocycles. The molecule has 4 N–H and O–H groups in total. The van der Waals surface area contributed by atoms with Gasteiger partial charge in [-0.3, -0.25) is 14.2 Å². The first-order chi connectivity index (χ1) is 23.5. The van der Waals surface area contributed by atoms with Crippen molar-refractivity contribution in [2.75, 3.05) is 11.1 Å². The van der Waals surface area contributed by atoms with E-state index in [1.54, 1.807) is 52.2 Å². The Morgan fingerprint density at radius 3 is 2.69 bits per heavy atom. The molecule has 1 aliphatic rings.